The third-order valence-electron chi connectivity index (χ3n) is 4.98. The average Bonchev–Trinajstić information content (AvgIpc) is 3.26. The molecule has 1 amide bonds. The molecule has 0 radical (unpaired) electrons. The Morgan fingerprint density at radius 3 is 2.78 bits per heavy atom. The molecular weight excluding hydrogens is 467 g/mol. The number of carbonyl (C=O) groups is 1. The minimum Gasteiger partial charge on any atom is -0.288 e. The van der Waals surface area contributed by atoms with E-state index in [9.17, 15) is 9.59 Å². The number of fused-ring (bicyclic) bond motifs is 1. The number of thiazole rings is 1. The SMILES string of the molecule is CCCN(C(=O)CCn1ncc(=O)c2ccccc21)c1nc(-c2ccc(Cl)cc2Cl)cs1. The monoisotopic (exact) mass is 486 g/mol. The van der Waals surface area contributed by atoms with Crippen molar-refractivity contribution in [1.82, 2.24) is 14.8 Å². The van der Waals surface area contributed by atoms with Gasteiger partial charge in [0.1, 0.15) is 0 Å². The van der Waals surface area contributed by atoms with E-state index < -0.39 is 0 Å². The highest BCUT2D eigenvalue weighted by Crippen LogP contribution is 2.33. The molecule has 0 fully saturated rings. The quantitative estimate of drug-likeness (QED) is 0.337. The molecule has 9 heteroatoms. The second-order valence-corrected chi connectivity index (χ2v) is 8.86. The molecule has 0 aliphatic carbocycles. The zero-order valence-electron chi connectivity index (χ0n) is 17.3. The number of rotatable bonds is 7. The summed E-state index contributed by atoms with van der Waals surface area (Å²) in [6, 6.07) is 12.5. The van der Waals surface area contributed by atoms with Crippen molar-refractivity contribution in [3.8, 4) is 11.3 Å². The minimum atomic E-state index is -0.132. The minimum absolute atomic E-state index is 0.0560. The van der Waals surface area contributed by atoms with Crippen LogP contribution in [0.15, 0.2) is 58.8 Å². The lowest BCUT2D eigenvalue weighted by Gasteiger charge is -2.19. The summed E-state index contributed by atoms with van der Waals surface area (Å²) in [4.78, 5) is 31.5. The molecule has 0 saturated heterocycles. The summed E-state index contributed by atoms with van der Waals surface area (Å²) in [5.41, 5.74) is 2.05. The maximum absolute atomic E-state index is 13.1. The topological polar surface area (TPSA) is 68.1 Å². The van der Waals surface area contributed by atoms with Crippen LogP contribution in [0.4, 0.5) is 5.13 Å². The molecule has 0 spiro atoms. The summed E-state index contributed by atoms with van der Waals surface area (Å²) >= 11 is 13.7. The van der Waals surface area contributed by atoms with Crippen LogP contribution in [0.25, 0.3) is 22.2 Å². The lowest BCUT2D eigenvalue weighted by molar-refractivity contribution is -0.118. The zero-order valence-corrected chi connectivity index (χ0v) is 19.6. The molecule has 0 saturated carbocycles. The molecule has 32 heavy (non-hydrogen) atoms. The van der Waals surface area contributed by atoms with E-state index in [-0.39, 0.29) is 17.8 Å². The molecule has 0 atom stereocenters. The van der Waals surface area contributed by atoms with Gasteiger partial charge in [-0.1, -0.05) is 42.3 Å². The number of aryl methyl sites for hydroxylation is 1. The predicted molar refractivity (Wildman–Crippen MR) is 131 cm³/mol. The number of benzene rings is 2. The fourth-order valence-corrected chi connectivity index (χ4v) is 4.81. The van der Waals surface area contributed by atoms with Crippen LogP contribution in [-0.2, 0) is 11.3 Å². The molecule has 2 heterocycles. The molecule has 0 bridgehead atoms. The van der Waals surface area contributed by atoms with Crippen molar-refractivity contribution < 1.29 is 4.79 Å². The number of carbonyl (C=O) groups excluding carboxylic acids is 1. The lowest BCUT2D eigenvalue weighted by Crippen LogP contribution is -2.32. The first-order chi connectivity index (χ1) is 15.5. The van der Waals surface area contributed by atoms with Crippen LogP contribution in [0.2, 0.25) is 10.0 Å². The Labute approximate surface area is 199 Å². The van der Waals surface area contributed by atoms with Gasteiger partial charge in [0.05, 0.1) is 29.0 Å². The van der Waals surface area contributed by atoms with Crippen LogP contribution in [0.1, 0.15) is 19.8 Å². The highest BCUT2D eigenvalue weighted by Gasteiger charge is 2.20. The maximum Gasteiger partial charge on any atom is 0.230 e. The summed E-state index contributed by atoms with van der Waals surface area (Å²) < 4.78 is 1.69. The maximum atomic E-state index is 13.1. The van der Waals surface area contributed by atoms with Gasteiger partial charge in [0.25, 0.3) is 0 Å². The first-order valence-electron chi connectivity index (χ1n) is 10.1. The van der Waals surface area contributed by atoms with E-state index in [1.54, 1.807) is 27.8 Å². The van der Waals surface area contributed by atoms with Gasteiger partial charge in [-0.15, -0.1) is 11.3 Å². The molecule has 6 nitrogen and oxygen atoms in total. The number of anilines is 1. The van der Waals surface area contributed by atoms with Gasteiger partial charge >= 0.3 is 0 Å². The van der Waals surface area contributed by atoms with Gasteiger partial charge in [0.2, 0.25) is 11.3 Å². The molecule has 4 rings (SSSR count). The molecular formula is C23H20Cl2N4O2S. The van der Waals surface area contributed by atoms with E-state index in [0.29, 0.717) is 44.9 Å². The second-order valence-electron chi connectivity index (χ2n) is 7.18. The Morgan fingerprint density at radius 1 is 1.19 bits per heavy atom. The Balaban J connectivity index is 1.55. The highest BCUT2D eigenvalue weighted by molar-refractivity contribution is 7.14. The Morgan fingerprint density at radius 2 is 2.00 bits per heavy atom. The van der Waals surface area contributed by atoms with Crippen LogP contribution in [-0.4, -0.2) is 27.2 Å². The van der Waals surface area contributed by atoms with Gasteiger partial charge in [-0.3, -0.25) is 19.2 Å². The van der Waals surface area contributed by atoms with Crippen LogP contribution in [0.5, 0.6) is 0 Å². The van der Waals surface area contributed by atoms with E-state index in [1.807, 2.05) is 36.6 Å². The summed E-state index contributed by atoms with van der Waals surface area (Å²) in [6.07, 6.45) is 2.32. The summed E-state index contributed by atoms with van der Waals surface area (Å²) in [5.74, 6) is -0.0560. The van der Waals surface area contributed by atoms with Crippen molar-refractivity contribution in [2.75, 3.05) is 11.4 Å². The van der Waals surface area contributed by atoms with Crippen LogP contribution in [0.3, 0.4) is 0 Å². The predicted octanol–water partition coefficient (Wildman–Crippen LogP) is 5.66. The van der Waals surface area contributed by atoms with Crippen LogP contribution >= 0.6 is 34.5 Å². The van der Waals surface area contributed by atoms with Gasteiger partial charge < -0.3 is 0 Å². The summed E-state index contributed by atoms with van der Waals surface area (Å²) in [7, 11) is 0. The van der Waals surface area contributed by atoms with E-state index in [2.05, 4.69) is 10.1 Å². The summed E-state index contributed by atoms with van der Waals surface area (Å²) in [5, 5.41) is 8.38. The molecule has 4 aromatic rings. The molecule has 0 aliphatic heterocycles. The normalized spacial score (nSPS) is 11.1. The zero-order chi connectivity index (χ0) is 22.7. The van der Waals surface area contributed by atoms with Crippen molar-refractivity contribution in [2.24, 2.45) is 0 Å². The van der Waals surface area contributed by atoms with Crippen molar-refractivity contribution >= 4 is 56.5 Å². The van der Waals surface area contributed by atoms with Gasteiger partial charge in [-0.2, -0.15) is 5.10 Å². The Hall–Kier alpha value is -2.74. The third kappa shape index (κ3) is 4.70. The third-order valence-corrected chi connectivity index (χ3v) is 6.39. The van der Waals surface area contributed by atoms with Crippen molar-refractivity contribution in [2.45, 2.75) is 26.3 Å². The number of para-hydroxylation sites is 1. The smallest absolute Gasteiger partial charge is 0.230 e. The van der Waals surface area contributed by atoms with E-state index >= 15 is 0 Å². The number of halogens is 2. The van der Waals surface area contributed by atoms with E-state index in [1.165, 1.54) is 17.5 Å². The summed E-state index contributed by atoms with van der Waals surface area (Å²) in [6.45, 7) is 2.93. The highest BCUT2D eigenvalue weighted by atomic mass is 35.5. The molecule has 0 N–H and O–H groups in total. The van der Waals surface area contributed by atoms with Gasteiger partial charge in [0, 0.05) is 34.3 Å². The molecule has 2 aromatic carbocycles. The second kappa shape index (κ2) is 9.81. The molecule has 0 aliphatic rings. The van der Waals surface area contributed by atoms with Crippen molar-refractivity contribution in [3.63, 3.8) is 0 Å². The number of aromatic nitrogens is 3. The first-order valence-corrected chi connectivity index (χ1v) is 11.8. The standard InChI is InChI=1S/C23H20Cl2N4O2S/c1-2-10-28(23-27-19(14-32-23)16-8-7-15(24)12-18(16)25)22(31)9-11-29-20-6-4-3-5-17(20)21(30)13-26-29/h3-8,12-14H,2,9-11H2,1H3. The average molecular weight is 487 g/mol. The fraction of sp³-hybridized carbons (Fsp3) is 0.217. The van der Waals surface area contributed by atoms with E-state index in [0.717, 1.165) is 12.0 Å². The Bertz CT molecular complexity index is 1340. The number of nitrogens with zero attached hydrogens (tertiary/aromatic N) is 4. The first kappa shape index (κ1) is 22.5. The van der Waals surface area contributed by atoms with Gasteiger partial charge in [-0.05, 0) is 36.8 Å². The number of hydrogen-bond donors (Lipinski definition) is 0. The molecule has 2 aromatic heterocycles. The Kier molecular flexibility index (Phi) is 6.89. The largest absolute Gasteiger partial charge is 0.288 e. The van der Waals surface area contributed by atoms with Gasteiger partial charge in [-0.25, -0.2) is 4.98 Å². The number of amides is 1. The number of hydrogen-bond acceptors (Lipinski definition) is 5. The fourth-order valence-electron chi connectivity index (χ4n) is 3.44. The van der Waals surface area contributed by atoms with Crippen LogP contribution < -0.4 is 10.3 Å². The van der Waals surface area contributed by atoms with Crippen LogP contribution in [0, 0.1) is 0 Å². The van der Waals surface area contributed by atoms with Crippen molar-refractivity contribution in [1.29, 1.82) is 0 Å². The lowest BCUT2D eigenvalue weighted by atomic mass is 10.2. The molecule has 0 unspecified atom stereocenters. The van der Waals surface area contributed by atoms with Crippen molar-refractivity contribution in [3.05, 3.63) is 74.3 Å². The van der Waals surface area contributed by atoms with E-state index in [4.69, 9.17) is 23.2 Å². The molecule has 164 valence electrons. The van der Waals surface area contributed by atoms with Gasteiger partial charge in [0.15, 0.2) is 5.13 Å².